The van der Waals surface area contributed by atoms with Gasteiger partial charge in [-0.2, -0.15) is 0 Å². The Morgan fingerprint density at radius 2 is 1.14 bits per heavy atom. The molecule has 0 aliphatic carbocycles. The van der Waals surface area contributed by atoms with Crippen molar-refractivity contribution in [2.45, 2.75) is 12.8 Å². The highest BCUT2D eigenvalue weighted by molar-refractivity contribution is 9.10. The van der Waals surface area contributed by atoms with Gasteiger partial charge in [-0.3, -0.25) is 0 Å². The van der Waals surface area contributed by atoms with Crippen LogP contribution in [0.2, 0.25) is 0 Å². The van der Waals surface area contributed by atoms with Crippen molar-refractivity contribution < 1.29 is 0 Å². The van der Waals surface area contributed by atoms with E-state index in [1.807, 2.05) is 24.3 Å². The van der Waals surface area contributed by atoms with Gasteiger partial charge >= 0.3 is 0 Å². The van der Waals surface area contributed by atoms with Crippen LogP contribution in [0.4, 0.5) is 5.69 Å². The summed E-state index contributed by atoms with van der Waals surface area (Å²) in [4.78, 5) is 0. The molecule has 0 aliphatic rings. The van der Waals surface area contributed by atoms with Crippen LogP contribution in [-0.2, 0) is 12.8 Å². The molecule has 2 N–H and O–H groups in total. The van der Waals surface area contributed by atoms with Gasteiger partial charge in [-0.25, -0.2) is 0 Å². The smallest absolute Gasteiger partial charge is 0.0353 e. The maximum atomic E-state index is 6.27. The van der Waals surface area contributed by atoms with E-state index in [4.69, 9.17) is 5.73 Å². The Morgan fingerprint density at radius 3 is 1.68 bits per heavy atom. The first-order valence-electron chi connectivity index (χ1n) is 7.37. The van der Waals surface area contributed by atoms with Crippen molar-refractivity contribution in [1.29, 1.82) is 0 Å². The molecule has 0 amide bonds. The molecular weight excluding hydrogens is 334 g/mol. The summed E-state index contributed by atoms with van der Waals surface area (Å²) in [7, 11) is 0. The van der Waals surface area contributed by atoms with Gasteiger partial charge in [-0.05, 0) is 47.2 Å². The molecule has 0 radical (unpaired) electrons. The lowest BCUT2D eigenvalue weighted by Crippen LogP contribution is -2.03. The Labute approximate surface area is 139 Å². The molecule has 2 heteroatoms. The predicted octanol–water partition coefficient (Wildman–Crippen LogP) is 5.21. The first-order chi connectivity index (χ1) is 10.7. The molecule has 0 aliphatic heterocycles. The normalized spacial score (nSPS) is 10.6. The van der Waals surface area contributed by atoms with Gasteiger partial charge in [0.25, 0.3) is 0 Å². The Kier molecular flexibility index (Phi) is 4.59. The number of nitrogen functional groups attached to an aromatic ring is 1. The van der Waals surface area contributed by atoms with E-state index in [-0.39, 0.29) is 0 Å². The zero-order valence-corrected chi connectivity index (χ0v) is 13.9. The number of halogens is 1. The van der Waals surface area contributed by atoms with Crippen molar-refractivity contribution >= 4 is 21.6 Å². The number of rotatable bonds is 4. The highest BCUT2D eigenvalue weighted by Gasteiger charge is 2.12. The molecule has 0 unspecified atom stereocenters. The summed E-state index contributed by atoms with van der Waals surface area (Å²) in [5.74, 6) is 0. The SMILES string of the molecule is Nc1ccc(Br)c(Cc2ccccc2)c1Cc1ccccc1. The third kappa shape index (κ3) is 3.40. The molecule has 0 spiro atoms. The van der Waals surface area contributed by atoms with Crippen LogP contribution in [0.1, 0.15) is 22.3 Å². The molecule has 3 aromatic carbocycles. The molecule has 0 atom stereocenters. The van der Waals surface area contributed by atoms with Gasteiger partial charge in [0.05, 0.1) is 0 Å². The molecule has 110 valence electrons. The van der Waals surface area contributed by atoms with E-state index >= 15 is 0 Å². The van der Waals surface area contributed by atoms with Crippen molar-refractivity contribution in [3.05, 3.63) is 99.5 Å². The van der Waals surface area contributed by atoms with Crippen LogP contribution in [0.5, 0.6) is 0 Å². The topological polar surface area (TPSA) is 26.0 Å². The molecule has 0 aromatic heterocycles. The van der Waals surface area contributed by atoms with Gasteiger partial charge in [0.15, 0.2) is 0 Å². The van der Waals surface area contributed by atoms with E-state index in [9.17, 15) is 0 Å². The highest BCUT2D eigenvalue weighted by Crippen LogP contribution is 2.30. The van der Waals surface area contributed by atoms with Crippen LogP contribution in [0, 0.1) is 0 Å². The molecule has 3 aromatic rings. The Morgan fingerprint density at radius 1 is 0.636 bits per heavy atom. The van der Waals surface area contributed by atoms with E-state index in [2.05, 4.69) is 64.5 Å². The summed E-state index contributed by atoms with van der Waals surface area (Å²) >= 11 is 3.70. The summed E-state index contributed by atoms with van der Waals surface area (Å²) in [6, 6.07) is 25.0. The van der Waals surface area contributed by atoms with E-state index in [1.54, 1.807) is 0 Å². The van der Waals surface area contributed by atoms with Gasteiger partial charge in [-0.15, -0.1) is 0 Å². The fourth-order valence-corrected chi connectivity index (χ4v) is 3.19. The summed E-state index contributed by atoms with van der Waals surface area (Å²) in [5, 5.41) is 0. The van der Waals surface area contributed by atoms with Crippen LogP contribution in [0.25, 0.3) is 0 Å². The second-order valence-electron chi connectivity index (χ2n) is 5.42. The van der Waals surface area contributed by atoms with Gasteiger partial charge in [0.2, 0.25) is 0 Å². The number of anilines is 1. The number of benzene rings is 3. The molecule has 0 saturated heterocycles. The zero-order valence-electron chi connectivity index (χ0n) is 12.3. The molecule has 22 heavy (non-hydrogen) atoms. The zero-order chi connectivity index (χ0) is 15.4. The number of hydrogen-bond acceptors (Lipinski definition) is 1. The minimum Gasteiger partial charge on any atom is -0.398 e. The standard InChI is InChI=1S/C20H18BrN/c21-19-11-12-20(22)18(14-16-9-5-2-6-10-16)17(19)13-15-7-3-1-4-8-15/h1-12H,13-14,22H2. The average molecular weight is 352 g/mol. The third-order valence-electron chi connectivity index (χ3n) is 3.86. The molecule has 0 saturated carbocycles. The number of hydrogen-bond donors (Lipinski definition) is 1. The average Bonchev–Trinajstić information content (AvgIpc) is 2.56. The lowest BCUT2D eigenvalue weighted by Gasteiger charge is -2.15. The van der Waals surface area contributed by atoms with Gasteiger partial charge in [0, 0.05) is 10.2 Å². The minimum atomic E-state index is 0.855. The second kappa shape index (κ2) is 6.80. The van der Waals surface area contributed by atoms with Crippen LogP contribution in [0.3, 0.4) is 0 Å². The van der Waals surface area contributed by atoms with E-state index in [1.165, 1.54) is 22.3 Å². The summed E-state index contributed by atoms with van der Waals surface area (Å²) < 4.78 is 1.12. The summed E-state index contributed by atoms with van der Waals surface area (Å²) in [6.45, 7) is 0. The molecular formula is C20H18BrN. The lowest BCUT2D eigenvalue weighted by molar-refractivity contribution is 1.08. The Balaban J connectivity index is 1.99. The first kappa shape index (κ1) is 14.9. The van der Waals surface area contributed by atoms with Crippen LogP contribution >= 0.6 is 15.9 Å². The highest BCUT2D eigenvalue weighted by atomic mass is 79.9. The van der Waals surface area contributed by atoms with Gasteiger partial charge < -0.3 is 5.73 Å². The lowest BCUT2D eigenvalue weighted by atomic mass is 9.94. The fraction of sp³-hybridized carbons (Fsp3) is 0.100. The van der Waals surface area contributed by atoms with E-state index in [0.29, 0.717) is 0 Å². The van der Waals surface area contributed by atoms with Crippen molar-refractivity contribution in [3.8, 4) is 0 Å². The monoisotopic (exact) mass is 351 g/mol. The van der Waals surface area contributed by atoms with Gasteiger partial charge in [0.1, 0.15) is 0 Å². The molecule has 3 rings (SSSR count). The first-order valence-corrected chi connectivity index (χ1v) is 8.17. The largest absolute Gasteiger partial charge is 0.398 e. The van der Waals surface area contributed by atoms with Crippen molar-refractivity contribution in [1.82, 2.24) is 0 Å². The summed E-state index contributed by atoms with van der Waals surface area (Å²) in [6.07, 6.45) is 1.74. The maximum absolute atomic E-state index is 6.27. The van der Waals surface area contributed by atoms with E-state index in [0.717, 1.165) is 23.0 Å². The van der Waals surface area contributed by atoms with Gasteiger partial charge in [-0.1, -0.05) is 76.6 Å². The third-order valence-corrected chi connectivity index (χ3v) is 4.60. The number of nitrogens with two attached hydrogens (primary N) is 1. The molecule has 0 bridgehead atoms. The molecule has 1 nitrogen and oxygen atoms in total. The van der Waals surface area contributed by atoms with Crippen LogP contribution < -0.4 is 5.73 Å². The predicted molar refractivity (Wildman–Crippen MR) is 97.1 cm³/mol. The molecule has 0 heterocycles. The van der Waals surface area contributed by atoms with Crippen LogP contribution in [-0.4, -0.2) is 0 Å². The maximum Gasteiger partial charge on any atom is 0.0353 e. The minimum absolute atomic E-state index is 0.855. The Bertz CT molecular complexity index is 685. The van der Waals surface area contributed by atoms with E-state index < -0.39 is 0 Å². The summed E-state index contributed by atoms with van der Waals surface area (Å²) in [5.41, 5.74) is 12.2. The van der Waals surface area contributed by atoms with Crippen LogP contribution in [0.15, 0.2) is 77.3 Å². The Hall–Kier alpha value is -2.06. The van der Waals surface area contributed by atoms with Crippen molar-refractivity contribution in [2.75, 3.05) is 5.73 Å². The quantitative estimate of drug-likeness (QED) is 0.641. The fourth-order valence-electron chi connectivity index (χ4n) is 2.68. The second-order valence-corrected chi connectivity index (χ2v) is 6.27. The molecule has 0 fully saturated rings. The van der Waals surface area contributed by atoms with Crippen molar-refractivity contribution in [2.24, 2.45) is 0 Å². The van der Waals surface area contributed by atoms with Crippen molar-refractivity contribution in [3.63, 3.8) is 0 Å².